The Morgan fingerprint density at radius 1 is 1.35 bits per heavy atom. The minimum Gasteiger partial charge on any atom is -0.469 e. The topological polar surface area (TPSA) is 47.6 Å². The zero-order valence-corrected chi connectivity index (χ0v) is 10.6. The van der Waals surface area contributed by atoms with Gasteiger partial charge in [0.25, 0.3) is 0 Å². The molecule has 3 heterocycles. The molecule has 1 aliphatic carbocycles. The van der Waals surface area contributed by atoms with E-state index in [1.807, 2.05) is 0 Å². The smallest absolute Gasteiger partial charge is 0.314 e. The largest absolute Gasteiger partial charge is 0.469 e. The molecule has 3 saturated heterocycles. The molecule has 4 fully saturated rings. The van der Waals surface area contributed by atoms with Gasteiger partial charge in [0.05, 0.1) is 24.2 Å². The van der Waals surface area contributed by atoms with Crippen LogP contribution in [0.25, 0.3) is 0 Å². The van der Waals surface area contributed by atoms with Crippen LogP contribution in [0.2, 0.25) is 0 Å². The average molecular weight is 239 g/mol. The third kappa shape index (κ3) is 1.54. The molecule has 0 spiro atoms. The van der Waals surface area contributed by atoms with Crippen molar-refractivity contribution < 1.29 is 14.3 Å². The second-order valence-electron chi connectivity index (χ2n) is 6.08. The molecule has 1 unspecified atom stereocenters. The van der Waals surface area contributed by atoms with E-state index in [1.54, 1.807) is 0 Å². The summed E-state index contributed by atoms with van der Waals surface area (Å²) in [5.74, 6) is 0.454. The first-order chi connectivity index (χ1) is 8.10. The Morgan fingerprint density at radius 3 is 2.59 bits per heavy atom. The van der Waals surface area contributed by atoms with Gasteiger partial charge in [0.15, 0.2) is 0 Å². The summed E-state index contributed by atoms with van der Waals surface area (Å²) in [6.45, 7) is 4.20. The Bertz CT molecular complexity index is 330. The number of carbonyl (C=O) groups is 1. The van der Waals surface area contributed by atoms with Gasteiger partial charge in [-0.25, -0.2) is 0 Å². The van der Waals surface area contributed by atoms with Crippen LogP contribution in [-0.4, -0.2) is 37.9 Å². The first-order valence-electron chi connectivity index (χ1n) is 6.57. The highest BCUT2D eigenvalue weighted by Crippen LogP contribution is 2.64. The lowest BCUT2D eigenvalue weighted by Crippen LogP contribution is -2.51. The van der Waals surface area contributed by atoms with Gasteiger partial charge in [-0.15, -0.1) is 0 Å². The highest BCUT2D eigenvalue weighted by atomic mass is 16.6. The van der Waals surface area contributed by atoms with Crippen molar-refractivity contribution in [2.45, 2.75) is 44.3 Å². The molecule has 4 rings (SSSR count). The molecule has 0 aromatic rings. The van der Waals surface area contributed by atoms with Crippen LogP contribution in [0.4, 0.5) is 0 Å². The van der Waals surface area contributed by atoms with Gasteiger partial charge in [-0.1, -0.05) is 0 Å². The van der Waals surface area contributed by atoms with Crippen molar-refractivity contribution in [3.8, 4) is 0 Å². The molecule has 2 bridgehead atoms. The number of methoxy groups -OCH3 is 1. The zero-order valence-electron chi connectivity index (χ0n) is 10.6. The van der Waals surface area contributed by atoms with Gasteiger partial charge in [-0.05, 0) is 51.6 Å². The van der Waals surface area contributed by atoms with Crippen molar-refractivity contribution >= 4 is 5.97 Å². The molecule has 0 radical (unpaired) electrons. The molecule has 17 heavy (non-hydrogen) atoms. The van der Waals surface area contributed by atoms with Crippen LogP contribution in [0, 0.1) is 11.3 Å². The predicted molar refractivity (Wildman–Crippen MR) is 62.6 cm³/mol. The standard InChI is InChI=1S/C13H21NO3/c1-12-7-13(8-12,11(15)16-2)10(17-12)9-3-5-14-6-4-9/h9-10,14H,3-8H2,1-2H3. The van der Waals surface area contributed by atoms with E-state index in [0.717, 1.165) is 38.8 Å². The predicted octanol–water partition coefficient (Wildman–Crippen LogP) is 1.10. The van der Waals surface area contributed by atoms with Crippen molar-refractivity contribution in [2.75, 3.05) is 20.2 Å². The average Bonchev–Trinajstić information content (AvgIpc) is 2.78. The first kappa shape index (κ1) is 11.5. The number of carbonyl (C=O) groups excluding carboxylic acids is 1. The number of nitrogens with one attached hydrogen (secondary N) is 1. The van der Waals surface area contributed by atoms with Crippen LogP contribution in [0.3, 0.4) is 0 Å². The fraction of sp³-hybridized carbons (Fsp3) is 0.923. The first-order valence-corrected chi connectivity index (χ1v) is 6.57. The number of hydrogen-bond donors (Lipinski definition) is 1. The number of esters is 1. The second kappa shape index (κ2) is 3.69. The van der Waals surface area contributed by atoms with Crippen LogP contribution >= 0.6 is 0 Å². The van der Waals surface area contributed by atoms with Gasteiger partial charge >= 0.3 is 5.97 Å². The summed E-state index contributed by atoms with van der Waals surface area (Å²) >= 11 is 0. The molecular weight excluding hydrogens is 218 g/mol. The summed E-state index contributed by atoms with van der Waals surface area (Å²) in [6, 6.07) is 0. The number of fused-ring (bicyclic) bond motifs is 1. The van der Waals surface area contributed by atoms with Crippen LogP contribution in [0.5, 0.6) is 0 Å². The summed E-state index contributed by atoms with van der Waals surface area (Å²) < 4.78 is 11.2. The molecule has 4 nitrogen and oxygen atoms in total. The Kier molecular flexibility index (Phi) is 2.49. The van der Waals surface area contributed by atoms with E-state index in [2.05, 4.69) is 12.2 Å². The molecule has 0 aromatic carbocycles. The summed E-state index contributed by atoms with van der Waals surface area (Å²) in [6.07, 6.45) is 4.00. The minimum absolute atomic E-state index is 0.0593. The highest BCUT2D eigenvalue weighted by Gasteiger charge is 2.71. The Hall–Kier alpha value is -0.610. The lowest BCUT2D eigenvalue weighted by atomic mass is 9.58. The SMILES string of the molecule is COC(=O)C12CC(C)(C1)OC2C1CCNCC1. The van der Waals surface area contributed by atoms with Crippen molar-refractivity contribution in [1.29, 1.82) is 0 Å². The Morgan fingerprint density at radius 2 is 2.00 bits per heavy atom. The van der Waals surface area contributed by atoms with E-state index >= 15 is 0 Å². The molecule has 4 heteroatoms. The fourth-order valence-corrected chi connectivity index (χ4v) is 4.14. The van der Waals surface area contributed by atoms with Crippen molar-refractivity contribution in [2.24, 2.45) is 11.3 Å². The Labute approximate surface area is 102 Å². The Balaban J connectivity index is 1.81. The molecular formula is C13H21NO3. The van der Waals surface area contributed by atoms with Crippen molar-refractivity contribution in [1.82, 2.24) is 5.32 Å². The normalized spacial score (nSPS) is 45.4. The third-order valence-corrected chi connectivity index (χ3v) is 4.74. The maximum atomic E-state index is 12.1. The lowest BCUT2D eigenvalue weighted by Gasteiger charge is -2.42. The second-order valence-corrected chi connectivity index (χ2v) is 6.08. The minimum atomic E-state index is -0.328. The van der Waals surface area contributed by atoms with E-state index in [1.165, 1.54) is 7.11 Å². The van der Waals surface area contributed by atoms with E-state index in [4.69, 9.17) is 9.47 Å². The summed E-state index contributed by atoms with van der Waals surface area (Å²) in [4.78, 5) is 12.1. The van der Waals surface area contributed by atoms with Crippen LogP contribution < -0.4 is 5.32 Å². The fourth-order valence-electron chi connectivity index (χ4n) is 4.14. The van der Waals surface area contributed by atoms with Gasteiger partial charge < -0.3 is 14.8 Å². The van der Waals surface area contributed by atoms with Crippen LogP contribution in [0.1, 0.15) is 32.6 Å². The van der Waals surface area contributed by atoms with Crippen LogP contribution in [0.15, 0.2) is 0 Å². The number of piperidine rings is 1. The van der Waals surface area contributed by atoms with E-state index < -0.39 is 0 Å². The molecule has 0 aromatic heterocycles. The van der Waals surface area contributed by atoms with Gasteiger partial charge in [0, 0.05) is 0 Å². The van der Waals surface area contributed by atoms with Gasteiger partial charge in [0.2, 0.25) is 0 Å². The molecule has 1 atom stereocenters. The zero-order chi connectivity index (χ0) is 12.1. The maximum absolute atomic E-state index is 12.1. The molecule has 1 N–H and O–H groups in total. The van der Waals surface area contributed by atoms with Gasteiger partial charge in [0.1, 0.15) is 0 Å². The van der Waals surface area contributed by atoms with Gasteiger partial charge in [-0.2, -0.15) is 0 Å². The van der Waals surface area contributed by atoms with Gasteiger partial charge in [-0.3, -0.25) is 4.79 Å². The quantitative estimate of drug-likeness (QED) is 0.733. The van der Waals surface area contributed by atoms with E-state index in [-0.39, 0.29) is 23.1 Å². The molecule has 1 saturated carbocycles. The number of hydrogen-bond acceptors (Lipinski definition) is 4. The van der Waals surface area contributed by atoms with Crippen LogP contribution in [-0.2, 0) is 14.3 Å². The summed E-state index contributed by atoms with van der Waals surface area (Å²) in [5.41, 5.74) is -0.394. The summed E-state index contributed by atoms with van der Waals surface area (Å²) in [7, 11) is 1.49. The maximum Gasteiger partial charge on any atom is 0.314 e. The van der Waals surface area contributed by atoms with E-state index in [9.17, 15) is 4.79 Å². The molecule has 3 aliphatic heterocycles. The molecule has 4 aliphatic rings. The lowest BCUT2D eigenvalue weighted by molar-refractivity contribution is -0.159. The summed E-state index contributed by atoms with van der Waals surface area (Å²) in [5, 5.41) is 3.36. The van der Waals surface area contributed by atoms with E-state index in [0.29, 0.717) is 5.92 Å². The van der Waals surface area contributed by atoms with Crippen molar-refractivity contribution in [3.05, 3.63) is 0 Å². The molecule has 96 valence electrons. The highest BCUT2D eigenvalue weighted by molar-refractivity contribution is 5.80. The number of rotatable bonds is 2. The van der Waals surface area contributed by atoms with Crippen molar-refractivity contribution in [3.63, 3.8) is 0 Å². The third-order valence-electron chi connectivity index (χ3n) is 4.74. The number of ether oxygens (including phenoxy) is 2. The monoisotopic (exact) mass is 239 g/mol. The molecule has 0 amide bonds.